The lowest BCUT2D eigenvalue weighted by molar-refractivity contribution is -0.112. The van der Waals surface area contributed by atoms with E-state index in [1.54, 1.807) is 9.80 Å². The van der Waals surface area contributed by atoms with Crippen molar-refractivity contribution in [3.63, 3.8) is 0 Å². The van der Waals surface area contributed by atoms with Crippen LogP contribution < -0.4 is 15.6 Å². The standard InChI is InChI=1S/C14H16N2O6.C13H13ClN2O5/c1-7-3-4-22-9-6-15-5-8(14(19)20)11(17)12(21-2)10(15)13(18)16(7)9;1-6-2-3-21-8-5-15-4-7(13(19)20)11(17)9(14)10(15)12(18)16(6)8/h5,7,9H,3-4,6H2,1-2H3,(H,19,20);4,6,8H,2-3,5H2,1H3,(H,19,20)/t7-,9+;6-,8+/m11/s1. The van der Waals surface area contributed by atoms with Crippen LogP contribution in [0.25, 0.3) is 0 Å². The Morgan fingerprint density at radius 2 is 1.26 bits per heavy atom. The molecule has 43 heavy (non-hydrogen) atoms. The molecule has 2 saturated heterocycles. The number of halogens is 1. The second-order valence-electron chi connectivity index (χ2n) is 10.6. The fourth-order valence-corrected chi connectivity index (χ4v) is 6.06. The first-order valence-corrected chi connectivity index (χ1v) is 13.8. The van der Waals surface area contributed by atoms with E-state index in [9.17, 15) is 28.8 Å². The number of hydrogen-bond acceptors (Lipinski definition) is 9. The van der Waals surface area contributed by atoms with Crippen LogP contribution in [0.4, 0.5) is 0 Å². The van der Waals surface area contributed by atoms with Gasteiger partial charge in [-0.15, -0.1) is 0 Å². The van der Waals surface area contributed by atoms with E-state index in [0.717, 1.165) is 6.20 Å². The predicted octanol–water partition coefficient (Wildman–Crippen LogP) is 0.936. The van der Waals surface area contributed by atoms with Gasteiger partial charge in [0.25, 0.3) is 11.8 Å². The number of aromatic nitrogens is 2. The molecular weight excluding hydrogens is 592 g/mol. The first kappa shape index (κ1) is 30.3. The van der Waals surface area contributed by atoms with E-state index >= 15 is 0 Å². The Balaban J connectivity index is 0.000000171. The Morgan fingerprint density at radius 1 is 0.814 bits per heavy atom. The molecule has 2 N–H and O–H groups in total. The van der Waals surface area contributed by atoms with Gasteiger partial charge in [0.15, 0.2) is 23.9 Å². The molecule has 2 aromatic rings. The molecule has 0 saturated carbocycles. The molecule has 0 bridgehead atoms. The van der Waals surface area contributed by atoms with Crippen LogP contribution in [0.3, 0.4) is 0 Å². The van der Waals surface area contributed by atoms with Crippen LogP contribution in [0.15, 0.2) is 22.0 Å². The Kier molecular flexibility index (Phi) is 8.07. The highest BCUT2D eigenvalue weighted by molar-refractivity contribution is 6.33. The Bertz CT molecular complexity index is 1650. The molecule has 2 fully saturated rings. The number of ether oxygens (including phenoxy) is 3. The fourth-order valence-electron chi connectivity index (χ4n) is 5.77. The van der Waals surface area contributed by atoms with Crippen molar-refractivity contribution in [1.29, 1.82) is 0 Å². The summed E-state index contributed by atoms with van der Waals surface area (Å²) < 4.78 is 19.0. The number of pyridine rings is 2. The van der Waals surface area contributed by atoms with Crippen molar-refractivity contribution in [3.8, 4) is 5.75 Å². The summed E-state index contributed by atoms with van der Waals surface area (Å²) in [7, 11) is 1.25. The highest BCUT2D eigenvalue weighted by Gasteiger charge is 2.42. The van der Waals surface area contributed by atoms with Gasteiger partial charge in [0.2, 0.25) is 10.9 Å². The summed E-state index contributed by atoms with van der Waals surface area (Å²) in [6.07, 6.45) is 2.83. The third-order valence-electron chi connectivity index (χ3n) is 7.97. The summed E-state index contributed by atoms with van der Waals surface area (Å²) in [5.74, 6) is -3.75. The second kappa shape index (κ2) is 11.5. The molecular formula is C27H29ClN4O11. The van der Waals surface area contributed by atoms with E-state index in [4.69, 9.17) is 36.0 Å². The van der Waals surface area contributed by atoms with Gasteiger partial charge in [-0.2, -0.15) is 0 Å². The zero-order chi connectivity index (χ0) is 31.3. The number of carbonyl (C=O) groups excluding carboxylic acids is 2. The normalized spacial score (nSPS) is 24.1. The van der Waals surface area contributed by atoms with E-state index in [0.29, 0.717) is 26.1 Å². The maximum atomic E-state index is 12.7. The molecule has 0 aromatic carbocycles. The van der Waals surface area contributed by atoms with E-state index in [1.807, 2.05) is 13.8 Å². The quantitative estimate of drug-likeness (QED) is 0.497. The lowest BCUT2D eigenvalue weighted by Crippen LogP contribution is -2.57. The third-order valence-corrected chi connectivity index (χ3v) is 8.32. The number of carboxylic acids is 2. The molecule has 0 aliphatic carbocycles. The molecule has 16 heteroatoms. The second-order valence-corrected chi connectivity index (χ2v) is 10.9. The molecule has 0 unspecified atom stereocenters. The predicted molar refractivity (Wildman–Crippen MR) is 147 cm³/mol. The van der Waals surface area contributed by atoms with Crippen LogP contribution in [0.2, 0.25) is 5.02 Å². The Morgan fingerprint density at radius 3 is 1.72 bits per heavy atom. The summed E-state index contributed by atoms with van der Waals surface area (Å²) in [6, 6.07) is -0.0331. The highest BCUT2D eigenvalue weighted by atomic mass is 35.5. The van der Waals surface area contributed by atoms with Gasteiger partial charge in [-0.3, -0.25) is 19.2 Å². The molecule has 0 radical (unpaired) electrons. The van der Waals surface area contributed by atoms with Crippen LogP contribution in [0.1, 0.15) is 68.4 Å². The summed E-state index contributed by atoms with van der Waals surface area (Å²) >= 11 is 5.95. The van der Waals surface area contributed by atoms with E-state index in [2.05, 4.69) is 0 Å². The number of rotatable bonds is 3. The molecule has 2 aromatic heterocycles. The van der Waals surface area contributed by atoms with Crippen molar-refractivity contribution in [2.75, 3.05) is 20.3 Å². The molecule has 4 aliphatic rings. The van der Waals surface area contributed by atoms with Gasteiger partial charge < -0.3 is 43.4 Å². The molecule has 6 rings (SSSR count). The van der Waals surface area contributed by atoms with Crippen molar-refractivity contribution < 1.29 is 43.6 Å². The minimum Gasteiger partial charge on any atom is -0.491 e. The van der Waals surface area contributed by atoms with E-state index in [-0.39, 0.29) is 53.2 Å². The third kappa shape index (κ3) is 5.06. The smallest absolute Gasteiger partial charge is 0.341 e. The summed E-state index contributed by atoms with van der Waals surface area (Å²) in [4.78, 5) is 74.8. The van der Waals surface area contributed by atoms with Gasteiger partial charge >= 0.3 is 11.9 Å². The van der Waals surface area contributed by atoms with Crippen LogP contribution in [0, 0.1) is 0 Å². The number of fused-ring (bicyclic) bond motifs is 4. The summed E-state index contributed by atoms with van der Waals surface area (Å²) in [6.45, 7) is 5.41. The minimum absolute atomic E-state index is 0.0149. The average Bonchev–Trinajstić information content (AvgIpc) is 2.95. The number of hydrogen-bond donors (Lipinski definition) is 2. The van der Waals surface area contributed by atoms with Gasteiger partial charge in [0.1, 0.15) is 21.8 Å². The largest absolute Gasteiger partial charge is 0.491 e. The Labute approximate surface area is 248 Å². The monoisotopic (exact) mass is 620 g/mol. The average molecular weight is 621 g/mol. The van der Waals surface area contributed by atoms with E-state index in [1.165, 1.54) is 22.4 Å². The lowest BCUT2D eigenvalue weighted by Gasteiger charge is -2.44. The van der Waals surface area contributed by atoms with Crippen molar-refractivity contribution in [2.24, 2.45) is 0 Å². The molecule has 0 spiro atoms. The lowest BCUT2D eigenvalue weighted by atomic mass is 10.1. The number of methoxy groups -OCH3 is 1. The maximum Gasteiger partial charge on any atom is 0.341 e. The van der Waals surface area contributed by atoms with Gasteiger partial charge in [-0.25, -0.2) is 9.59 Å². The minimum atomic E-state index is -1.37. The van der Waals surface area contributed by atoms with Crippen molar-refractivity contribution >= 4 is 35.4 Å². The van der Waals surface area contributed by atoms with E-state index < -0.39 is 52.3 Å². The van der Waals surface area contributed by atoms with Crippen molar-refractivity contribution in [2.45, 2.75) is 64.3 Å². The highest BCUT2D eigenvalue weighted by Crippen LogP contribution is 2.30. The number of carbonyl (C=O) groups is 4. The molecule has 2 amide bonds. The summed E-state index contributed by atoms with van der Waals surface area (Å²) in [5.41, 5.74) is -2.41. The topological polar surface area (TPSA) is 187 Å². The van der Waals surface area contributed by atoms with Crippen LogP contribution >= 0.6 is 11.6 Å². The number of aromatic carboxylic acids is 2. The first-order chi connectivity index (χ1) is 20.4. The number of nitrogens with zero attached hydrogens (tertiary/aromatic N) is 4. The Hall–Kier alpha value is -4.21. The zero-order valence-electron chi connectivity index (χ0n) is 23.4. The first-order valence-electron chi connectivity index (χ1n) is 13.5. The molecule has 4 atom stereocenters. The van der Waals surface area contributed by atoms with Gasteiger partial charge in [0.05, 0.1) is 33.4 Å². The van der Waals surface area contributed by atoms with Crippen LogP contribution in [-0.2, 0) is 22.6 Å². The maximum absolute atomic E-state index is 12.7. The zero-order valence-corrected chi connectivity index (χ0v) is 24.2. The van der Waals surface area contributed by atoms with Crippen molar-refractivity contribution in [3.05, 3.63) is 60.4 Å². The summed E-state index contributed by atoms with van der Waals surface area (Å²) in [5, 5.41) is 17.8. The van der Waals surface area contributed by atoms with Crippen molar-refractivity contribution in [1.82, 2.24) is 18.9 Å². The number of carboxylic acid groups (broad SMARTS) is 2. The molecule has 230 valence electrons. The van der Waals surface area contributed by atoms with Gasteiger partial charge in [-0.1, -0.05) is 11.6 Å². The fraction of sp³-hybridized carbons (Fsp3) is 0.481. The van der Waals surface area contributed by atoms with Crippen LogP contribution in [-0.4, -0.2) is 97.8 Å². The van der Waals surface area contributed by atoms with Crippen LogP contribution in [0.5, 0.6) is 5.75 Å². The number of amides is 2. The molecule has 15 nitrogen and oxygen atoms in total. The molecule has 6 heterocycles. The SMILES string of the molecule is COc1c2n(cc(C(=O)O)c1=O)C[C@@H]1OCC[C@@H](C)N1C2=O.C[C@@H]1CCO[C@H]2Cn3cc(C(=O)O)c(=O)c(Cl)c3C(=O)N12. The van der Waals surface area contributed by atoms with Gasteiger partial charge in [-0.05, 0) is 26.7 Å². The van der Waals surface area contributed by atoms with Gasteiger partial charge in [0, 0.05) is 24.5 Å². The molecule has 4 aliphatic heterocycles.